The van der Waals surface area contributed by atoms with E-state index in [0.717, 1.165) is 5.69 Å². The van der Waals surface area contributed by atoms with Crippen LogP contribution in [0.4, 0.5) is 5.69 Å². The molecule has 82 valence electrons. The van der Waals surface area contributed by atoms with Gasteiger partial charge in [-0.25, -0.2) is 0 Å². The molecular weight excluding hydrogens is 212 g/mol. The van der Waals surface area contributed by atoms with Gasteiger partial charge in [0.25, 0.3) is 0 Å². The van der Waals surface area contributed by atoms with E-state index in [9.17, 15) is 4.79 Å². The lowest BCUT2D eigenvalue weighted by molar-refractivity contribution is -0.119. The number of rotatable bonds is 3. The number of amides is 1. The molecule has 1 rings (SSSR count). The molecule has 1 aromatic rings. The Balaban J connectivity index is 2.85. The molecular formula is C11H15ClN2O. The number of anilines is 1. The molecule has 0 aliphatic carbocycles. The second kappa shape index (κ2) is 5.14. The highest BCUT2D eigenvalue weighted by Crippen LogP contribution is 2.18. The van der Waals surface area contributed by atoms with Gasteiger partial charge in [-0.15, -0.1) is 0 Å². The molecule has 0 aromatic heterocycles. The summed E-state index contributed by atoms with van der Waals surface area (Å²) in [5, 5.41) is 3.53. The maximum absolute atomic E-state index is 11.8. The zero-order valence-electron chi connectivity index (χ0n) is 9.12. The lowest BCUT2D eigenvalue weighted by Gasteiger charge is -2.21. The third-order valence-corrected chi connectivity index (χ3v) is 2.56. The van der Waals surface area contributed by atoms with Crippen molar-refractivity contribution < 1.29 is 4.79 Å². The standard InChI is InChI=1S/C11H15ClN2O/c1-8(13-2)11(15)14(3)10-6-4-5-9(12)7-10/h4-8,13H,1-3H3/t8-/m1/s1. The van der Waals surface area contributed by atoms with Crippen molar-refractivity contribution in [1.29, 1.82) is 0 Å². The number of likely N-dealkylation sites (N-methyl/N-ethyl adjacent to an activating group) is 2. The maximum Gasteiger partial charge on any atom is 0.243 e. The quantitative estimate of drug-likeness (QED) is 0.854. The highest BCUT2D eigenvalue weighted by Gasteiger charge is 2.16. The molecule has 1 N–H and O–H groups in total. The van der Waals surface area contributed by atoms with Crippen LogP contribution >= 0.6 is 11.6 Å². The fourth-order valence-corrected chi connectivity index (χ4v) is 1.41. The lowest BCUT2D eigenvalue weighted by atomic mass is 10.2. The second-order valence-electron chi connectivity index (χ2n) is 3.39. The first kappa shape index (κ1) is 12.0. The Hall–Kier alpha value is -1.06. The van der Waals surface area contributed by atoms with Gasteiger partial charge in [0.1, 0.15) is 0 Å². The Labute approximate surface area is 95.0 Å². The predicted octanol–water partition coefficient (Wildman–Crippen LogP) is 1.91. The minimum Gasteiger partial charge on any atom is -0.314 e. The van der Waals surface area contributed by atoms with Crippen molar-refractivity contribution in [2.75, 3.05) is 19.0 Å². The number of halogens is 1. The van der Waals surface area contributed by atoms with E-state index in [1.165, 1.54) is 0 Å². The van der Waals surface area contributed by atoms with Crippen LogP contribution in [-0.2, 0) is 4.79 Å². The van der Waals surface area contributed by atoms with E-state index >= 15 is 0 Å². The van der Waals surface area contributed by atoms with E-state index < -0.39 is 0 Å². The van der Waals surface area contributed by atoms with Gasteiger partial charge in [0.2, 0.25) is 5.91 Å². The Bertz CT molecular complexity index is 354. The molecule has 0 unspecified atom stereocenters. The topological polar surface area (TPSA) is 32.3 Å². The molecule has 0 heterocycles. The Morgan fingerprint density at radius 2 is 2.20 bits per heavy atom. The predicted molar refractivity (Wildman–Crippen MR) is 63.4 cm³/mol. The summed E-state index contributed by atoms with van der Waals surface area (Å²) in [6.45, 7) is 1.82. The highest BCUT2D eigenvalue weighted by atomic mass is 35.5. The van der Waals surface area contributed by atoms with Crippen LogP contribution in [0.5, 0.6) is 0 Å². The molecule has 0 saturated carbocycles. The zero-order chi connectivity index (χ0) is 11.4. The van der Waals surface area contributed by atoms with Crippen molar-refractivity contribution in [3.63, 3.8) is 0 Å². The summed E-state index contributed by atoms with van der Waals surface area (Å²) in [6, 6.07) is 7.03. The molecule has 4 heteroatoms. The van der Waals surface area contributed by atoms with Crippen molar-refractivity contribution in [2.24, 2.45) is 0 Å². The van der Waals surface area contributed by atoms with Gasteiger partial charge in [-0.3, -0.25) is 4.79 Å². The first-order chi connectivity index (χ1) is 7.06. The summed E-state index contributed by atoms with van der Waals surface area (Å²) in [7, 11) is 3.50. The summed E-state index contributed by atoms with van der Waals surface area (Å²) in [5.74, 6) is 0.0137. The molecule has 0 spiro atoms. The van der Waals surface area contributed by atoms with Crippen LogP contribution in [0.15, 0.2) is 24.3 Å². The number of nitrogens with one attached hydrogen (secondary N) is 1. The van der Waals surface area contributed by atoms with Crippen molar-refractivity contribution in [1.82, 2.24) is 5.32 Å². The van der Waals surface area contributed by atoms with Gasteiger partial charge in [0, 0.05) is 17.8 Å². The van der Waals surface area contributed by atoms with Gasteiger partial charge in [-0.1, -0.05) is 17.7 Å². The molecule has 0 aliphatic rings. The Morgan fingerprint density at radius 3 is 2.73 bits per heavy atom. The lowest BCUT2D eigenvalue weighted by Crippen LogP contribution is -2.41. The van der Waals surface area contributed by atoms with E-state index in [4.69, 9.17) is 11.6 Å². The van der Waals surface area contributed by atoms with Crippen LogP contribution in [0, 0.1) is 0 Å². The molecule has 0 fully saturated rings. The largest absolute Gasteiger partial charge is 0.314 e. The number of carbonyl (C=O) groups is 1. The first-order valence-electron chi connectivity index (χ1n) is 4.76. The first-order valence-corrected chi connectivity index (χ1v) is 5.14. The summed E-state index contributed by atoms with van der Waals surface area (Å²) < 4.78 is 0. The molecule has 0 saturated heterocycles. The summed E-state index contributed by atoms with van der Waals surface area (Å²) in [6.07, 6.45) is 0. The number of hydrogen-bond acceptors (Lipinski definition) is 2. The van der Waals surface area contributed by atoms with E-state index in [1.807, 2.05) is 19.1 Å². The molecule has 3 nitrogen and oxygen atoms in total. The van der Waals surface area contributed by atoms with Crippen LogP contribution in [0.3, 0.4) is 0 Å². The van der Waals surface area contributed by atoms with Crippen LogP contribution in [0.2, 0.25) is 5.02 Å². The minimum absolute atomic E-state index is 0.0137. The Morgan fingerprint density at radius 1 is 1.53 bits per heavy atom. The molecule has 0 bridgehead atoms. The van der Waals surface area contributed by atoms with Crippen molar-refractivity contribution in [3.8, 4) is 0 Å². The van der Waals surface area contributed by atoms with Crippen molar-refractivity contribution in [3.05, 3.63) is 29.3 Å². The number of nitrogens with zero attached hydrogens (tertiary/aromatic N) is 1. The van der Waals surface area contributed by atoms with E-state index in [2.05, 4.69) is 5.32 Å². The van der Waals surface area contributed by atoms with Crippen molar-refractivity contribution >= 4 is 23.2 Å². The Kier molecular flexibility index (Phi) is 4.12. The highest BCUT2D eigenvalue weighted by molar-refractivity contribution is 6.30. The van der Waals surface area contributed by atoms with Gasteiger partial charge in [0.05, 0.1) is 6.04 Å². The summed E-state index contributed by atoms with van der Waals surface area (Å²) >= 11 is 5.85. The van der Waals surface area contributed by atoms with Gasteiger partial charge in [-0.05, 0) is 32.2 Å². The van der Waals surface area contributed by atoms with Gasteiger partial charge < -0.3 is 10.2 Å². The number of carbonyl (C=O) groups excluding carboxylic acids is 1. The van der Waals surface area contributed by atoms with Crippen molar-refractivity contribution in [2.45, 2.75) is 13.0 Å². The van der Waals surface area contributed by atoms with Gasteiger partial charge >= 0.3 is 0 Å². The zero-order valence-corrected chi connectivity index (χ0v) is 9.88. The van der Waals surface area contributed by atoms with Crippen LogP contribution in [0.25, 0.3) is 0 Å². The molecule has 0 radical (unpaired) electrons. The average molecular weight is 227 g/mol. The normalized spacial score (nSPS) is 12.3. The minimum atomic E-state index is -0.200. The van der Waals surface area contributed by atoms with E-state index in [1.54, 1.807) is 31.1 Å². The third-order valence-electron chi connectivity index (χ3n) is 2.33. The molecule has 15 heavy (non-hydrogen) atoms. The third kappa shape index (κ3) is 2.94. The fourth-order valence-electron chi connectivity index (χ4n) is 1.23. The summed E-state index contributed by atoms with van der Waals surface area (Å²) in [4.78, 5) is 13.4. The fraction of sp³-hybridized carbons (Fsp3) is 0.364. The van der Waals surface area contributed by atoms with E-state index in [0.29, 0.717) is 5.02 Å². The second-order valence-corrected chi connectivity index (χ2v) is 3.82. The summed E-state index contributed by atoms with van der Waals surface area (Å²) in [5.41, 5.74) is 0.801. The molecule has 1 aromatic carbocycles. The smallest absolute Gasteiger partial charge is 0.243 e. The number of hydrogen-bond donors (Lipinski definition) is 1. The van der Waals surface area contributed by atoms with Gasteiger partial charge in [-0.2, -0.15) is 0 Å². The van der Waals surface area contributed by atoms with Crippen LogP contribution in [-0.4, -0.2) is 26.0 Å². The SMILES string of the molecule is CN[C@H](C)C(=O)N(C)c1cccc(Cl)c1. The monoisotopic (exact) mass is 226 g/mol. The van der Waals surface area contributed by atoms with Crippen LogP contribution in [0.1, 0.15) is 6.92 Å². The molecule has 0 aliphatic heterocycles. The average Bonchev–Trinajstić information content (AvgIpc) is 2.26. The van der Waals surface area contributed by atoms with Crippen LogP contribution < -0.4 is 10.2 Å². The molecule has 1 atom stereocenters. The van der Waals surface area contributed by atoms with E-state index in [-0.39, 0.29) is 11.9 Å². The molecule has 1 amide bonds. The van der Waals surface area contributed by atoms with Gasteiger partial charge in [0.15, 0.2) is 0 Å². The number of benzene rings is 1. The maximum atomic E-state index is 11.8.